The standard InChI is InChI=1S/C15H18F2S/c1-11-3-5-12(6-4-11)14-9-7-13(2,8-10-14)15(16,17)18-14/h3-6H,7-10H2,1-2H3. The van der Waals surface area contributed by atoms with Crippen molar-refractivity contribution in [2.45, 2.75) is 49.5 Å². The van der Waals surface area contributed by atoms with E-state index in [-0.39, 0.29) is 4.75 Å². The van der Waals surface area contributed by atoms with Crippen molar-refractivity contribution in [2.24, 2.45) is 5.41 Å². The van der Waals surface area contributed by atoms with Crippen LogP contribution in [0.15, 0.2) is 24.3 Å². The number of fused-ring (bicyclic) bond motifs is 3. The topological polar surface area (TPSA) is 0 Å². The molecular weight excluding hydrogens is 250 g/mol. The first-order chi connectivity index (χ1) is 8.37. The molecule has 1 aromatic rings. The van der Waals surface area contributed by atoms with Crippen LogP contribution in [0, 0.1) is 12.3 Å². The summed E-state index contributed by atoms with van der Waals surface area (Å²) in [6.07, 6.45) is 3.04. The lowest BCUT2D eigenvalue weighted by atomic mass is 9.68. The third kappa shape index (κ3) is 1.63. The molecule has 2 aliphatic heterocycles. The third-order valence-corrected chi connectivity index (χ3v) is 6.55. The summed E-state index contributed by atoms with van der Waals surface area (Å²) >= 11 is 0.910. The van der Waals surface area contributed by atoms with Crippen LogP contribution >= 0.6 is 11.8 Å². The van der Waals surface area contributed by atoms with Gasteiger partial charge in [-0.2, -0.15) is 8.78 Å². The van der Waals surface area contributed by atoms with Gasteiger partial charge in [-0.05, 0) is 38.2 Å². The van der Waals surface area contributed by atoms with E-state index >= 15 is 0 Å². The van der Waals surface area contributed by atoms with Gasteiger partial charge in [0.1, 0.15) is 0 Å². The number of hydrogen-bond acceptors (Lipinski definition) is 1. The maximum absolute atomic E-state index is 14.3. The molecule has 3 aliphatic rings. The molecule has 0 atom stereocenters. The summed E-state index contributed by atoms with van der Waals surface area (Å²) in [6, 6.07) is 8.13. The Morgan fingerprint density at radius 2 is 1.56 bits per heavy atom. The first-order valence-electron chi connectivity index (χ1n) is 6.52. The smallest absolute Gasteiger partial charge is 0.194 e. The zero-order valence-corrected chi connectivity index (χ0v) is 11.6. The minimum Gasteiger partial charge on any atom is -0.194 e. The van der Waals surface area contributed by atoms with Gasteiger partial charge in [0.15, 0.2) is 0 Å². The Labute approximate surface area is 111 Å². The van der Waals surface area contributed by atoms with Crippen LogP contribution in [-0.4, -0.2) is 5.25 Å². The predicted molar refractivity (Wildman–Crippen MR) is 72.0 cm³/mol. The molecule has 2 bridgehead atoms. The highest BCUT2D eigenvalue weighted by molar-refractivity contribution is 8.01. The highest BCUT2D eigenvalue weighted by Gasteiger charge is 2.63. The molecule has 2 heterocycles. The molecule has 0 nitrogen and oxygen atoms in total. The molecule has 0 amide bonds. The lowest BCUT2D eigenvalue weighted by Gasteiger charge is -2.55. The summed E-state index contributed by atoms with van der Waals surface area (Å²) in [5, 5.41) is -2.59. The van der Waals surface area contributed by atoms with Gasteiger partial charge < -0.3 is 0 Å². The average molecular weight is 268 g/mol. The van der Waals surface area contributed by atoms with Crippen LogP contribution in [0.3, 0.4) is 0 Å². The van der Waals surface area contributed by atoms with Crippen molar-refractivity contribution in [1.82, 2.24) is 0 Å². The largest absolute Gasteiger partial charge is 0.299 e. The molecule has 1 aromatic carbocycles. The quantitative estimate of drug-likeness (QED) is 0.682. The molecule has 1 aliphatic carbocycles. The maximum atomic E-state index is 14.3. The van der Waals surface area contributed by atoms with E-state index in [1.54, 1.807) is 6.92 Å². The van der Waals surface area contributed by atoms with E-state index in [0.29, 0.717) is 12.8 Å². The summed E-state index contributed by atoms with van der Waals surface area (Å²) in [5.41, 5.74) is 1.48. The molecule has 0 radical (unpaired) electrons. The van der Waals surface area contributed by atoms with Gasteiger partial charge in [-0.3, -0.25) is 0 Å². The van der Waals surface area contributed by atoms with Crippen LogP contribution in [-0.2, 0) is 4.75 Å². The second-order valence-corrected chi connectivity index (χ2v) is 7.54. The van der Waals surface area contributed by atoms with Crippen LogP contribution < -0.4 is 0 Å². The number of thioether (sulfide) groups is 1. The fourth-order valence-corrected chi connectivity index (χ4v) is 4.78. The van der Waals surface area contributed by atoms with Crippen LogP contribution in [0.2, 0.25) is 0 Å². The van der Waals surface area contributed by atoms with Crippen molar-refractivity contribution < 1.29 is 8.78 Å². The van der Waals surface area contributed by atoms with Crippen LogP contribution in [0.25, 0.3) is 0 Å². The molecule has 0 spiro atoms. The monoisotopic (exact) mass is 268 g/mol. The molecule has 98 valence electrons. The van der Waals surface area contributed by atoms with Crippen molar-refractivity contribution in [3.8, 4) is 0 Å². The number of benzene rings is 1. The fourth-order valence-electron chi connectivity index (χ4n) is 3.17. The summed E-state index contributed by atoms with van der Waals surface area (Å²) < 4.78 is 28.2. The molecule has 3 fully saturated rings. The van der Waals surface area contributed by atoms with Crippen molar-refractivity contribution >= 4 is 11.8 Å². The van der Waals surface area contributed by atoms with Gasteiger partial charge in [0, 0.05) is 10.2 Å². The zero-order chi connectivity index (χ0) is 13.0. The molecule has 0 aromatic heterocycles. The normalized spacial score (nSPS) is 37.8. The molecule has 1 saturated carbocycles. The number of aryl methyl sites for hydroxylation is 1. The van der Waals surface area contributed by atoms with E-state index in [0.717, 1.165) is 30.2 Å². The van der Waals surface area contributed by atoms with Gasteiger partial charge in [-0.1, -0.05) is 48.5 Å². The molecule has 3 heteroatoms. The number of alkyl halides is 2. The van der Waals surface area contributed by atoms with Gasteiger partial charge in [0.05, 0.1) is 0 Å². The predicted octanol–water partition coefficient (Wildman–Crippen LogP) is 5.11. The maximum Gasteiger partial charge on any atom is 0.299 e. The first kappa shape index (κ1) is 12.5. The Balaban J connectivity index is 2.00. The van der Waals surface area contributed by atoms with E-state index < -0.39 is 10.7 Å². The lowest BCUT2D eigenvalue weighted by Crippen LogP contribution is -2.51. The van der Waals surface area contributed by atoms with E-state index in [9.17, 15) is 8.78 Å². The van der Waals surface area contributed by atoms with Crippen molar-refractivity contribution in [3.05, 3.63) is 35.4 Å². The minimum atomic E-state index is -2.59. The van der Waals surface area contributed by atoms with Crippen molar-refractivity contribution in [3.63, 3.8) is 0 Å². The third-order valence-electron chi connectivity index (χ3n) is 4.77. The van der Waals surface area contributed by atoms with Crippen LogP contribution in [0.5, 0.6) is 0 Å². The summed E-state index contributed by atoms with van der Waals surface area (Å²) in [6.45, 7) is 3.78. The van der Waals surface area contributed by atoms with E-state index in [1.165, 1.54) is 5.56 Å². The average Bonchev–Trinajstić information content (AvgIpc) is 2.32. The molecule has 0 N–H and O–H groups in total. The van der Waals surface area contributed by atoms with Crippen LogP contribution in [0.1, 0.15) is 43.7 Å². The van der Waals surface area contributed by atoms with Gasteiger partial charge in [0.2, 0.25) is 0 Å². The van der Waals surface area contributed by atoms with E-state index in [1.807, 2.05) is 31.2 Å². The van der Waals surface area contributed by atoms with Gasteiger partial charge in [0.25, 0.3) is 5.25 Å². The van der Waals surface area contributed by atoms with Gasteiger partial charge >= 0.3 is 0 Å². The van der Waals surface area contributed by atoms with Gasteiger partial charge in [-0.15, -0.1) is 0 Å². The van der Waals surface area contributed by atoms with Crippen LogP contribution in [0.4, 0.5) is 8.78 Å². The Morgan fingerprint density at radius 1 is 1.00 bits per heavy atom. The second-order valence-electron chi connectivity index (χ2n) is 6.04. The van der Waals surface area contributed by atoms with Gasteiger partial charge in [-0.25, -0.2) is 0 Å². The Morgan fingerprint density at radius 3 is 2.06 bits per heavy atom. The highest BCUT2D eigenvalue weighted by atomic mass is 32.2. The van der Waals surface area contributed by atoms with E-state index in [4.69, 9.17) is 0 Å². The Kier molecular flexibility index (Phi) is 2.58. The SMILES string of the molecule is Cc1ccc(C23CCC(C)(CC2)C(F)(F)S3)cc1. The van der Waals surface area contributed by atoms with Crippen molar-refractivity contribution in [2.75, 3.05) is 0 Å². The number of hydrogen-bond donors (Lipinski definition) is 0. The number of halogens is 2. The second kappa shape index (κ2) is 3.72. The molecule has 18 heavy (non-hydrogen) atoms. The Bertz CT molecular complexity index is 456. The minimum absolute atomic E-state index is 0.352. The van der Waals surface area contributed by atoms with E-state index in [2.05, 4.69) is 0 Å². The summed E-state index contributed by atoms with van der Waals surface area (Å²) in [4.78, 5) is 0. The Hall–Kier alpha value is -0.570. The summed E-state index contributed by atoms with van der Waals surface area (Å²) in [5.74, 6) is 0. The molecular formula is C15H18F2S. The molecule has 4 rings (SSSR count). The number of rotatable bonds is 1. The molecule has 2 saturated heterocycles. The molecule has 0 unspecified atom stereocenters. The summed E-state index contributed by atoms with van der Waals surface area (Å²) in [7, 11) is 0. The lowest BCUT2D eigenvalue weighted by molar-refractivity contribution is -0.0725. The fraction of sp³-hybridized carbons (Fsp3) is 0.600. The first-order valence-corrected chi connectivity index (χ1v) is 7.34. The highest BCUT2D eigenvalue weighted by Crippen LogP contribution is 2.69. The van der Waals surface area contributed by atoms with Crippen molar-refractivity contribution in [1.29, 1.82) is 0 Å². The zero-order valence-electron chi connectivity index (χ0n) is 10.8.